The number of fused-ring (bicyclic) bond motifs is 1. The number of hydrogen-bond acceptors (Lipinski definition) is 6. The van der Waals surface area contributed by atoms with Crippen LogP contribution in [0.25, 0.3) is 0 Å². The first kappa shape index (κ1) is 24.3. The molecule has 184 valence electrons. The van der Waals surface area contributed by atoms with Crippen LogP contribution in [0, 0.1) is 5.92 Å². The molecule has 0 bridgehead atoms. The number of carbonyl (C=O) groups is 1. The van der Waals surface area contributed by atoms with Crippen molar-refractivity contribution in [1.82, 2.24) is 9.21 Å². The van der Waals surface area contributed by atoms with Crippen LogP contribution in [-0.4, -0.2) is 64.0 Å². The van der Waals surface area contributed by atoms with E-state index < -0.39 is 10.0 Å². The number of nitrogens with zero attached hydrogens (tertiary/aromatic N) is 2. The van der Waals surface area contributed by atoms with Gasteiger partial charge < -0.3 is 19.1 Å². The highest BCUT2D eigenvalue weighted by Gasteiger charge is 2.35. The Hall–Kier alpha value is -2.78. The summed E-state index contributed by atoms with van der Waals surface area (Å²) >= 11 is 0. The molecule has 2 aliphatic rings. The SMILES string of the molecule is COc1ccccc1C(C)N(C)C(=O)C1CCN(S(=O)(=O)c2ccc3c(c2)OCCCO3)CC1. The van der Waals surface area contributed by atoms with Crippen molar-refractivity contribution in [3.05, 3.63) is 48.0 Å². The summed E-state index contributed by atoms with van der Waals surface area (Å²) in [5, 5.41) is 0. The second-order valence-corrected chi connectivity index (χ2v) is 10.6. The topological polar surface area (TPSA) is 85.4 Å². The van der Waals surface area contributed by atoms with Crippen molar-refractivity contribution < 1.29 is 27.4 Å². The summed E-state index contributed by atoms with van der Waals surface area (Å²) in [6.07, 6.45) is 1.71. The Morgan fingerprint density at radius 3 is 2.47 bits per heavy atom. The molecule has 2 aromatic rings. The lowest BCUT2D eigenvalue weighted by Gasteiger charge is -2.34. The fourth-order valence-electron chi connectivity index (χ4n) is 4.50. The normalized spacial score (nSPS) is 18.1. The molecule has 2 heterocycles. The van der Waals surface area contributed by atoms with Crippen molar-refractivity contribution >= 4 is 15.9 Å². The maximum absolute atomic E-state index is 13.3. The molecular weight excluding hydrogens is 456 g/mol. The van der Waals surface area contributed by atoms with Gasteiger partial charge in [-0.05, 0) is 38.0 Å². The number of sulfonamides is 1. The molecule has 1 amide bonds. The first-order valence-corrected chi connectivity index (χ1v) is 13.1. The molecule has 0 aliphatic carbocycles. The molecule has 1 fully saturated rings. The molecule has 1 saturated heterocycles. The minimum atomic E-state index is -3.69. The van der Waals surface area contributed by atoms with E-state index in [0.717, 1.165) is 17.7 Å². The van der Waals surface area contributed by atoms with Crippen molar-refractivity contribution in [2.45, 2.75) is 37.1 Å². The van der Waals surface area contributed by atoms with Crippen molar-refractivity contribution in [3.8, 4) is 17.2 Å². The third-order valence-corrected chi connectivity index (χ3v) is 8.57. The van der Waals surface area contributed by atoms with Gasteiger partial charge >= 0.3 is 0 Å². The zero-order valence-electron chi connectivity index (χ0n) is 19.9. The average molecular weight is 489 g/mol. The number of carbonyl (C=O) groups excluding carboxylic acids is 1. The van der Waals surface area contributed by atoms with Crippen molar-refractivity contribution in [3.63, 3.8) is 0 Å². The number of para-hydroxylation sites is 1. The molecule has 0 saturated carbocycles. The van der Waals surface area contributed by atoms with Crippen molar-refractivity contribution in [1.29, 1.82) is 0 Å². The van der Waals surface area contributed by atoms with Gasteiger partial charge in [-0.1, -0.05) is 18.2 Å². The van der Waals surface area contributed by atoms with Gasteiger partial charge in [0.2, 0.25) is 15.9 Å². The molecule has 1 atom stereocenters. The van der Waals surface area contributed by atoms with Gasteiger partial charge in [0.05, 0.1) is 31.3 Å². The Morgan fingerprint density at radius 1 is 1.09 bits per heavy atom. The van der Waals surface area contributed by atoms with E-state index in [1.54, 1.807) is 31.2 Å². The Morgan fingerprint density at radius 2 is 1.76 bits per heavy atom. The lowest BCUT2D eigenvalue weighted by Crippen LogP contribution is -2.44. The van der Waals surface area contributed by atoms with Crippen LogP contribution >= 0.6 is 0 Å². The number of amides is 1. The highest BCUT2D eigenvalue weighted by Crippen LogP contribution is 2.35. The standard InChI is InChI=1S/C25H32N2O6S/c1-18(21-7-4-5-8-22(21)31-3)26(2)25(28)19-11-13-27(14-12-19)34(29,30)20-9-10-23-24(17-20)33-16-6-15-32-23/h4-5,7-10,17-19H,6,11-16H2,1-3H3. The van der Waals surface area contributed by atoms with Gasteiger partial charge in [0.15, 0.2) is 11.5 Å². The number of hydrogen-bond donors (Lipinski definition) is 0. The van der Waals surface area contributed by atoms with E-state index in [0.29, 0.717) is 50.6 Å². The molecule has 0 N–H and O–H groups in total. The van der Waals surface area contributed by atoms with E-state index in [9.17, 15) is 13.2 Å². The summed E-state index contributed by atoms with van der Waals surface area (Å²) in [6.45, 7) is 3.60. The lowest BCUT2D eigenvalue weighted by atomic mass is 9.95. The van der Waals surface area contributed by atoms with E-state index in [1.807, 2.05) is 31.2 Å². The van der Waals surface area contributed by atoms with Crippen LogP contribution in [0.15, 0.2) is 47.4 Å². The van der Waals surface area contributed by atoms with Gasteiger partial charge in [0.1, 0.15) is 5.75 Å². The minimum absolute atomic E-state index is 0.0195. The number of piperidine rings is 1. The van der Waals surface area contributed by atoms with E-state index in [4.69, 9.17) is 14.2 Å². The van der Waals surface area contributed by atoms with Gasteiger partial charge in [0.25, 0.3) is 0 Å². The smallest absolute Gasteiger partial charge is 0.243 e. The zero-order chi connectivity index (χ0) is 24.3. The van der Waals surface area contributed by atoms with Gasteiger partial charge in [-0.3, -0.25) is 4.79 Å². The van der Waals surface area contributed by atoms with Crippen molar-refractivity contribution in [2.24, 2.45) is 5.92 Å². The van der Waals surface area contributed by atoms with E-state index in [1.165, 1.54) is 10.4 Å². The lowest BCUT2D eigenvalue weighted by molar-refractivity contribution is -0.137. The van der Waals surface area contributed by atoms with Crippen LogP contribution in [-0.2, 0) is 14.8 Å². The highest BCUT2D eigenvalue weighted by atomic mass is 32.2. The summed E-state index contributed by atoms with van der Waals surface area (Å²) in [4.78, 5) is 15.1. The van der Waals surface area contributed by atoms with Gasteiger partial charge in [-0.25, -0.2) is 8.42 Å². The molecule has 4 rings (SSSR count). The van der Waals surface area contributed by atoms with E-state index in [-0.39, 0.29) is 22.8 Å². The second kappa shape index (κ2) is 10.2. The van der Waals surface area contributed by atoms with Gasteiger partial charge in [0, 0.05) is 44.1 Å². The largest absolute Gasteiger partial charge is 0.496 e. The zero-order valence-corrected chi connectivity index (χ0v) is 20.7. The average Bonchev–Trinajstić information content (AvgIpc) is 3.12. The first-order chi connectivity index (χ1) is 16.3. The molecule has 0 aromatic heterocycles. The van der Waals surface area contributed by atoms with Gasteiger partial charge in [-0.15, -0.1) is 0 Å². The number of ether oxygens (including phenoxy) is 3. The maximum atomic E-state index is 13.3. The molecule has 9 heteroatoms. The van der Waals surface area contributed by atoms with E-state index in [2.05, 4.69) is 0 Å². The van der Waals surface area contributed by atoms with Crippen LogP contribution in [0.1, 0.15) is 37.8 Å². The number of methoxy groups -OCH3 is 1. The summed E-state index contributed by atoms with van der Waals surface area (Å²) in [7, 11) is -0.279. The molecule has 8 nitrogen and oxygen atoms in total. The molecule has 0 spiro atoms. The molecule has 34 heavy (non-hydrogen) atoms. The second-order valence-electron chi connectivity index (χ2n) is 8.70. The summed E-state index contributed by atoms with van der Waals surface area (Å²) < 4.78 is 44.7. The third-order valence-electron chi connectivity index (χ3n) is 6.68. The van der Waals surface area contributed by atoms with Gasteiger partial charge in [-0.2, -0.15) is 4.31 Å². The predicted molar refractivity (Wildman–Crippen MR) is 128 cm³/mol. The minimum Gasteiger partial charge on any atom is -0.496 e. The quantitative estimate of drug-likeness (QED) is 0.619. The van der Waals surface area contributed by atoms with E-state index >= 15 is 0 Å². The Bertz CT molecular complexity index is 1130. The molecular formula is C25H32N2O6S. The molecule has 2 aliphatic heterocycles. The Kier molecular flexibility index (Phi) is 7.33. The van der Waals surface area contributed by atoms with Crippen LogP contribution in [0.5, 0.6) is 17.2 Å². The highest BCUT2D eigenvalue weighted by molar-refractivity contribution is 7.89. The van der Waals surface area contributed by atoms with Crippen LogP contribution < -0.4 is 14.2 Å². The maximum Gasteiger partial charge on any atom is 0.243 e. The molecule has 2 aromatic carbocycles. The number of benzene rings is 2. The fourth-order valence-corrected chi connectivity index (χ4v) is 5.98. The Balaban J connectivity index is 1.41. The van der Waals surface area contributed by atoms with Crippen LogP contribution in [0.4, 0.5) is 0 Å². The summed E-state index contributed by atoms with van der Waals surface area (Å²) in [6, 6.07) is 12.3. The third kappa shape index (κ3) is 4.86. The molecule has 1 unspecified atom stereocenters. The Labute approximate surface area is 201 Å². The summed E-state index contributed by atoms with van der Waals surface area (Å²) in [5.74, 6) is 1.55. The monoisotopic (exact) mass is 488 g/mol. The first-order valence-electron chi connectivity index (χ1n) is 11.6. The summed E-state index contributed by atoms with van der Waals surface area (Å²) in [5.41, 5.74) is 0.940. The van der Waals surface area contributed by atoms with Crippen LogP contribution in [0.3, 0.4) is 0 Å². The number of rotatable bonds is 6. The fraction of sp³-hybridized carbons (Fsp3) is 0.480. The van der Waals surface area contributed by atoms with Crippen LogP contribution in [0.2, 0.25) is 0 Å². The van der Waals surface area contributed by atoms with Crippen molar-refractivity contribution in [2.75, 3.05) is 40.5 Å². The molecule has 0 radical (unpaired) electrons. The predicted octanol–water partition coefficient (Wildman–Crippen LogP) is 3.48.